The van der Waals surface area contributed by atoms with E-state index in [1.807, 2.05) is 0 Å². The summed E-state index contributed by atoms with van der Waals surface area (Å²) in [6.07, 6.45) is 4.34. The van der Waals surface area contributed by atoms with E-state index in [-0.39, 0.29) is 48.0 Å². The molecule has 0 bridgehead atoms. The molecule has 24 heavy (non-hydrogen) atoms. The van der Waals surface area contributed by atoms with Crippen LogP contribution in [0.3, 0.4) is 0 Å². The first-order chi connectivity index (χ1) is 11.3. The lowest BCUT2D eigenvalue weighted by molar-refractivity contribution is -0.140. The number of aromatic nitrogens is 3. The third kappa shape index (κ3) is 3.48. The average Bonchev–Trinajstić information content (AvgIpc) is 2.50. The normalized spacial score (nSPS) is 18.4. The predicted octanol–water partition coefficient (Wildman–Crippen LogP) is -1.42. The average molecular weight is 351 g/mol. The molecule has 0 amide bonds. The number of carbonyl (C=O) groups excluding carboxylic acids is 1. The van der Waals surface area contributed by atoms with Crippen molar-refractivity contribution in [2.24, 2.45) is 4.40 Å². The van der Waals surface area contributed by atoms with Gasteiger partial charge in [0, 0.05) is 12.7 Å². The Morgan fingerprint density at radius 2 is 1.92 bits per heavy atom. The van der Waals surface area contributed by atoms with Gasteiger partial charge in [0.2, 0.25) is 11.9 Å². The molecular weight excluding hydrogens is 338 g/mol. The Hall–Kier alpha value is -3.02. The number of nitrogens with zero attached hydrogens (tertiary/aromatic N) is 5. The number of fused-ring (bicyclic) bond motifs is 1. The van der Waals surface area contributed by atoms with Crippen LogP contribution in [0, 0.1) is 0 Å². The quantitative estimate of drug-likeness (QED) is 0.616. The highest BCUT2D eigenvalue weighted by molar-refractivity contribution is 7.90. The Morgan fingerprint density at radius 3 is 2.62 bits per heavy atom. The Morgan fingerprint density at radius 1 is 1.21 bits per heavy atom. The van der Waals surface area contributed by atoms with Crippen LogP contribution in [-0.2, 0) is 26.2 Å². The Labute approximate surface area is 136 Å². The third-order valence-corrected chi connectivity index (χ3v) is 4.27. The van der Waals surface area contributed by atoms with Gasteiger partial charge >= 0.3 is 5.97 Å². The minimum absolute atomic E-state index is 0.0688. The molecule has 0 atom stereocenters. The fourth-order valence-electron chi connectivity index (χ4n) is 2.06. The molecule has 2 aliphatic rings. The number of sulfonamides is 1. The molecule has 3 rings (SSSR count). The van der Waals surface area contributed by atoms with E-state index in [4.69, 9.17) is 16.2 Å². The highest BCUT2D eigenvalue weighted by Gasteiger charge is 2.25. The lowest BCUT2D eigenvalue weighted by Crippen LogP contribution is -2.37. The molecule has 1 aromatic heterocycles. The van der Waals surface area contributed by atoms with E-state index in [2.05, 4.69) is 19.3 Å². The molecule has 0 aliphatic carbocycles. The summed E-state index contributed by atoms with van der Waals surface area (Å²) < 4.78 is 31.6. The summed E-state index contributed by atoms with van der Waals surface area (Å²) in [4.78, 5) is 24.9. The Bertz CT molecular complexity index is 870. The maximum absolute atomic E-state index is 12.1. The van der Waals surface area contributed by atoms with Gasteiger partial charge in [-0.05, 0) is 12.2 Å². The molecule has 0 radical (unpaired) electrons. The molecule has 0 saturated carbocycles. The monoisotopic (exact) mass is 351 g/mol. The number of nitrogens with two attached hydrogens (primary N) is 2. The molecule has 4 N–H and O–H groups in total. The van der Waals surface area contributed by atoms with Crippen molar-refractivity contribution in [1.82, 2.24) is 19.9 Å². The van der Waals surface area contributed by atoms with E-state index in [1.54, 1.807) is 4.90 Å². The topological polar surface area (TPSA) is 167 Å². The van der Waals surface area contributed by atoms with E-state index < -0.39 is 16.0 Å². The standard InChI is InChI=1S/C12H13N7O4S/c13-11-15-8(16-12(14)17-11)6-23-10(20)7-1-2-9-18-24(21,22)4-3-19(9)5-7/h1-2,5H,3-4,6H2,(H4,13,14,15,16,17). The van der Waals surface area contributed by atoms with E-state index in [9.17, 15) is 13.2 Å². The number of esters is 1. The molecule has 12 heteroatoms. The van der Waals surface area contributed by atoms with Gasteiger partial charge < -0.3 is 21.1 Å². The van der Waals surface area contributed by atoms with E-state index >= 15 is 0 Å². The summed E-state index contributed by atoms with van der Waals surface area (Å²) in [5.74, 6) is -0.499. The smallest absolute Gasteiger partial charge is 0.340 e. The van der Waals surface area contributed by atoms with Gasteiger partial charge in [0.15, 0.2) is 12.4 Å². The summed E-state index contributed by atoms with van der Waals surface area (Å²) in [5, 5.41) is 0. The van der Waals surface area contributed by atoms with Gasteiger partial charge in [-0.1, -0.05) is 0 Å². The highest BCUT2D eigenvalue weighted by Crippen LogP contribution is 2.17. The van der Waals surface area contributed by atoms with Crippen LogP contribution < -0.4 is 11.5 Å². The number of carbonyl (C=O) groups is 1. The molecular formula is C12H13N7O4S. The summed E-state index contributed by atoms with van der Waals surface area (Å²) in [5.41, 5.74) is 11.1. The van der Waals surface area contributed by atoms with Crippen molar-refractivity contribution < 1.29 is 17.9 Å². The summed E-state index contributed by atoms with van der Waals surface area (Å²) in [7, 11) is -3.44. The Balaban J connectivity index is 1.68. The number of hydrogen-bond acceptors (Lipinski definition) is 10. The number of rotatable bonds is 3. The largest absolute Gasteiger partial charge is 0.454 e. The molecule has 0 aromatic carbocycles. The zero-order valence-electron chi connectivity index (χ0n) is 12.3. The zero-order valence-corrected chi connectivity index (χ0v) is 13.1. The third-order valence-electron chi connectivity index (χ3n) is 3.11. The predicted molar refractivity (Wildman–Crippen MR) is 83.6 cm³/mol. The van der Waals surface area contributed by atoms with Gasteiger partial charge in [0.05, 0.1) is 11.3 Å². The van der Waals surface area contributed by atoms with Gasteiger partial charge in [-0.3, -0.25) is 0 Å². The van der Waals surface area contributed by atoms with E-state index in [1.165, 1.54) is 18.4 Å². The van der Waals surface area contributed by atoms with Gasteiger partial charge in [0.25, 0.3) is 10.0 Å². The van der Waals surface area contributed by atoms with Crippen molar-refractivity contribution in [2.75, 3.05) is 23.8 Å². The SMILES string of the molecule is Nc1nc(N)nc(COC(=O)C2=CN3CCS(=O)(=O)N=C3C=C2)n1. The summed E-state index contributed by atoms with van der Waals surface area (Å²) >= 11 is 0. The van der Waals surface area contributed by atoms with Crippen molar-refractivity contribution in [3.05, 3.63) is 29.7 Å². The lowest BCUT2D eigenvalue weighted by atomic mass is 10.2. The number of nitrogen functional groups attached to an aromatic ring is 2. The molecule has 0 spiro atoms. The molecule has 1 aromatic rings. The zero-order chi connectivity index (χ0) is 17.3. The van der Waals surface area contributed by atoms with Crippen molar-refractivity contribution in [1.29, 1.82) is 0 Å². The lowest BCUT2D eigenvalue weighted by Gasteiger charge is -2.26. The van der Waals surface area contributed by atoms with Gasteiger partial charge in [-0.15, -0.1) is 4.40 Å². The Kier molecular flexibility index (Phi) is 3.89. The number of ether oxygens (including phenoxy) is 1. The van der Waals surface area contributed by atoms with Crippen LogP contribution in [0.2, 0.25) is 0 Å². The first-order valence-electron chi connectivity index (χ1n) is 6.75. The van der Waals surface area contributed by atoms with Crippen molar-refractivity contribution in [3.8, 4) is 0 Å². The van der Waals surface area contributed by atoms with Crippen LogP contribution >= 0.6 is 0 Å². The number of hydrogen-bond donors (Lipinski definition) is 2. The van der Waals surface area contributed by atoms with Crippen molar-refractivity contribution in [3.63, 3.8) is 0 Å². The van der Waals surface area contributed by atoms with E-state index in [0.717, 1.165) is 0 Å². The minimum Gasteiger partial charge on any atom is -0.454 e. The first kappa shape index (κ1) is 15.9. The second kappa shape index (κ2) is 5.88. The van der Waals surface area contributed by atoms with Crippen LogP contribution in [0.5, 0.6) is 0 Å². The fourth-order valence-corrected chi connectivity index (χ4v) is 3.03. The molecule has 3 heterocycles. The molecule has 0 saturated heterocycles. The van der Waals surface area contributed by atoms with Crippen molar-refractivity contribution in [2.45, 2.75) is 6.61 Å². The highest BCUT2D eigenvalue weighted by atomic mass is 32.2. The number of amidine groups is 1. The summed E-state index contributed by atoms with van der Waals surface area (Å²) in [6.45, 7) is -0.0148. The maximum atomic E-state index is 12.1. The van der Waals surface area contributed by atoms with Crippen LogP contribution in [0.15, 0.2) is 28.3 Å². The van der Waals surface area contributed by atoms with Gasteiger partial charge in [-0.2, -0.15) is 15.0 Å². The summed E-state index contributed by atoms with van der Waals surface area (Å²) in [6, 6.07) is 0. The van der Waals surface area contributed by atoms with E-state index in [0.29, 0.717) is 0 Å². The van der Waals surface area contributed by atoms with Crippen LogP contribution in [0.4, 0.5) is 11.9 Å². The second-order valence-electron chi connectivity index (χ2n) is 4.89. The molecule has 0 unspecified atom stereocenters. The van der Waals surface area contributed by atoms with Crippen LogP contribution in [0.1, 0.15) is 5.82 Å². The number of anilines is 2. The fraction of sp³-hybridized carbons (Fsp3) is 0.250. The maximum Gasteiger partial charge on any atom is 0.340 e. The first-order valence-corrected chi connectivity index (χ1v) is 8.35. The molecule has 126 valence electrons. The van der Waals surface area contributed by atoms with Gasteiger partial charge in [0.1, 0.15) is 5.84 Å². The molecule has 2 aliphatic heterocycles. The molecule has 0 fully saturated rings. The van der Waals surface area contributed by atoms with Crippen LogP contribution in [0.25, 0.3) is 0 Å². The molecule has 11 nitrogen and oxygen atoms in total. The second-order valence-corrected chi connectivity index (χ2v) is 6.65. The van der Waals surface area contributed by atoms with Crippen LogP contribution in [-0.4, -0.2) is 52.4 Å². The van der Waals surface area contributed by atoms with Gasteiger partial charge in [-0.25, -0.2) is 13.2 Å². The minimum atomic E-state index is -3.44. The van der Waals surface area contributed by atoms with Crippen molar-refractivity contribution >= 4 is 33.7 Å².